The summed E-state index contributed by atoms with van der Waals surface area (Å²) in [6, 6.07) is 8.17. The number of imidazole rings is 1. The average molecular weight is 275 g/mol. The van der Waals surface area contributed by atoms with Gasteiger partial charge in [-0.05, 0) is 46.8 Å². The van der Waals surface area contributed by atoms with Gasteiger partial charge in [-0.1, -0.05) is 12.1 Å². The molecule has 0 saturated carbocycles. The summed E-state index contributed by atoms with van der Waals surface area (Å²) in [4.78, 5) is 4.69. The lowest BCUT2D eigenvalue weighted by molar-refractivity contribution is -0.00570. The van der Waals surface area contributed by atoms with E-state index in [2.05, 4.69) is 27.9 Å². The summed E-state index contributed by atoms with van der Waals surface area (Å²) in [7, 11) is 0. The molecule has 1 aromatic heterocycles. The number of para-hydroxylation sites is 2. The minimum Gasteiger partial charge on any atom is -0.389 e. The highest BCUT2D eigenvalue weighted by Crippen LogP contribution is 2.22. The van der Waals surface area contributed by atoms with Gasteiger partial charge in [0.1, 0.15) is 5.82 Å². The van der Waals surface area contributed by atoms with Crippen LogP contribution in [0.15, 0.2) is 24.3 Å². The monoisotopic (exact) mass is 275 g/mol. The highest BCUT2D eigenvalue weighted by atomic mass is 16.3. The zero-order valence-electron chi connectivity index (χ0n) is 13.1. The Morgan fingerprint density at radius 1 is 1.20 bits per heavy atom. The second-order valence-corrected chi connectivity index (χ2v) is 6.30. The Labute approximate surface area is 120 Å². The van der Waals surface area contributed by atoms with E-state index in [1.807, 2.05) is 45.9 Å². The van der Waals surface area contributed by atoms with Crippen molar-refractivity contribution >= 4 is 11.0 Å². The summed E-state index contributed by atoms with van der Waals surface area (Å²) in [5, 5.41) is 13.6. The Kier molecular flexibility index (Phi) is 3.89. The molecule has 0 fully saturated rings. The Morgan fingerprint density at radius 2 is 1.85 bits per heavy atom. The number of nitrogens with one attached hydrogen (secondary N) is 1. The van der Waals surface area contributed by atoms with Crippen LogP contribution in [-0.4, -0.2) is 25.8 Å². The molecule has 0 aliphatic heterocycles. The third-order valence-corrected chi connectivity index (χ3v) is 4.27. The predicted octanol–water partition coefficient (Wildman–Crippen LogP) is 2.70. The lowest BCUT2D eigenvalue weighted by Gasteiger charge is -2.38. The highest BCUT2D eigenvalue weighted by Gasteiger charge is 2.34. The summed E-state index contributed by atoms with van der Waals surface area (Å²) < 4.78 is 2.21. The number of hydrogen-bond donors (Lipinski definition) is 2. The van der Waals surface area contributed by atoms with E-state index in [0.717, 1.165) is 23.4 Å². The van der Waals surface area contributed by atoms with Gasteiger partial charge in [0.2, 0.25) is 0 Å². The van der Waals surface area contributed by atoms with Gasteiger partial charge in [-0.15, -0.1) is 0 Å². The molecule has 2 rings (SSSR count). The van der Waals surface area contributed by atoms with Crippen LogP contribution in [0.4, 0.5) is 0 Å². The van der Waals surface area contributed by atoms with Gasteiger partial charge in [0.15, 0.2) is 0 Å². The normalized spacial score (nSPS) is 13.1. The number of aliphatic hydroxyl groups is 1. The van der Waals surface area contributed by atoms with Crippen molar-refractivity contribution in [3.8, 4) is 0 Å². The average Bonchev–Trinajstić information content (AvgIpc) is 2.72. The minimum absolute atomic E-state index is 0.385. The molecule has 1 heterocycles. The number of aryl methyl sites for hydroxylation is 1. The third-order valence-electron chi connectivity index (χ3n) is 4.27. The molecule has 0 spiro atoms. The van der Waals surface area contributed by atoms with Crippen LogP contribution in [0.3, 0.4) is 0 Å². The van der Waals surface area contributed by atoms with Crippen molar-refractivity contribution < 1.29 is 5.11 Å². The van der Waals surface area contributed by atoms with Gasteiger partial charge in [-0.25, -0.2) is 4.98 Å². The summed E-state index contributed by atoms with van der Waals surface area (Å²) >= 11 is 0. The molecule has 4 nitrogen and oxygen atoms in total. The van der Waals surface area contributed by atoms with Crippen molar-refractivity contribution in [2.24, 2.45) is 0 Å². The zero-order chi connectivity index (χ0) is 15.0. The molecule has 0 aliphatic carbocycles. The molecule has 110 valence electrons. The van der Waals surface area contributed by atoms with Gasteiger partial charge in [-0.2, -0.15) is 0 Å². The van der Waals surface area contributed by atoms with E-state index < -0.39 is 5.60 Å². The smallest absolute Gasteiger partial charge is 0.123 e. The van der Waals surface area contributed by atoms with Gasteiger partial charge in [0, 0.05) is 12.1 Å². The maximum atomic E-state index is 10.2. The molecule has 0 aliphatic rings. The van der Waals surface area contributed by atoms with Crippen LogP contribution in [0.2, 0.25) is 0 Å². The van der Waals surface area contributed by atoms with Crippen LogP contribution >= 0.6 is 0 Å². The summed E-state index contributed by atoms with van der Waals surface area (Å²) in [5.41, 5.74) is 1.000. The lowest BCUT2D eigenvalue weighted by atomic mass is 9.86. The third kappa shape index (κ3) is 2.72. The Morgan fingerprint density at radius 3 is 2.45 bits per heavy atom. The predicted molar refractivity (Wildman–Crippen MR) is 82.6 cm³/mol. The maximum absolute atomic E-state index is 10.2. The zero-order valence-corrected chi connectivity index (χ0v) is 13.1. The summed E-state index contributed by atoms with van der Waals surface area (Å²) in [5.74, 6) is 1.01. The molecule has 20 heavy (non-hydrogen) atoms. The number of benzene rings is 1. The first-order valence-electron chi connectivity index (χ1n) is 7.18. The second-order valence-electron chi connectivity index (χ2n) is 6.30. The largest absolute Gasteiger partial charge is 0.389 e. The van der Waals surface area contributed by atoms with Crippen molar-refractivity contribution in [2.45, 2.75) is 58.8 Å². The van der Waals surface area contributed by atoms with Crippen LogP contribution < -0.4 is 5.32 Å². The van der Waals surface area contributed by atoms with E-state index in [0.29, 0.717) is 6.54 Å². The molecule has 0 bridgehead atoms. The molecule has 0 saturated heterocycles. The molecule has 0 radical (unpaired) electrons. The number of aromatic nitrogens is 2. The quantitative estimate of drug-likeness (QED) is 0.882. The minimum atomic E-state index is -0.796. The molecule has 2 aromatic rings. The van der Waals surface area contributed by atoms with E-state index in [-0.39, 0.29) is 5.54 Å². The SMILES string of the molecule is CCn1c(CNC(C)(C)C(C)(C)O)nc2ccccc21. The van der Waals surface area contributed by atoms with Gasteiger partial charge >= 0.3 is 0 Å². The van der Waals surface area contributed by atoms with Crippen LogP contribution in [0.25, 0.3) is 11.0 Å². The van der Waals surface area contributed by atoms with Crippen molar-refractivity contribution in [1.82, 2.24) is 14.9 Å². The molecule has 4 heteroatoms. The van der Waals surface area contributed by atoms with E-state index in [4.69, 9.17) is 0 Å². The molecule has 0 atom stereocenters. The Hall–Kier alpha value is -1.39. The fourth-order valence-electron chi connectivity index (χ4n) is 2.13. The fraction of sp³-hybridized carbons (Fsp3) is 0.562. The van der Waals surface area contributed by atoms with Gasteiger partial charge in [0.25, 0.3) is 0 Å². The van der Waals surface area contributed by atoms with E-state index >= 15 is 0 Å². The van der Waals surface area contributed by atoms with Crippen molar-refractivity contribution in [1.29, 1.82) is 0 Å². The first-order valence-corrected chi connectivity index (χ1v) is 7.18. The topological polar surface area (TPSA) is 50.1 Å². The van der Waals surface area contributed by atoms with Crippen molar-refractivity contribution in [3.63, 3.8) is 0 Å². The molecule has 0 amide bonds. The van der Waals surface area contributed by atoms with Gasteiger partial charge < -0.3 is 15.0 Å². The first kappa shape index (κ1) is 15.0. The standard InChI is InChI=1S/C16H25N3O/c1-6-19-13-10-8-7-9-12(13)18-14(19)11-17-15(2,3)16(4,5)20/h7-10,17,20H,6,11H2,1-5H3. The second kappa shape index (κ2) is 5.19. The number of rotatable bonds is 5. The number of nitrogens with zero attached hydrogens (tertiary/aromatic N) is 2. The molecular formula is C16H25N3O. The molecular weight excluding hydrogens is 250 g/mol. The van der Waals surface area contributed by atoms with Crippen LogP contribution in [0, 0.1) is 0 Å². The van der Waals surface area contributed by atoms with Gasteiger partial charge in [0.05, 0.1) is 23.2 Å². The number of hydrogen-bond acceptors (Lipinski definition) is 3. The summed E-state index contributed by atoms with van der Waals surface area (Å²) in [6.07, 6.45) is 0. The first-order chi connectivity index (χ1) is 9.26. The van der Waals surface area contributed by atoms with Gasteiger partial charge in [-0.3, -0.25) is 0 Å². The summed E-state index contributed by atoms with van der Waals surface area (Å²) in [6.45, 7) is 11.3. The van der Waals surface area contributed by atoms with Crippen LogP contribution in [0.5, 0.6) is 0 Å². The van der Waals surface area contributed by atoms with E-state index in [9.17, 15) is 5.11 Å². The van der Waals surface area contributed by atoms with E-state index in [1.54, 1.807) is 0 Å². The van der Waals surface area contributed by atoms with Crippen molar-refractivity contribution in [3.05, 3.63) is 30.1 Å². The molecule has 1 aromatic carbocycles. The van der Waals surface area contributed by atoms with Crippen LogP contribution in [0.1, 0.15) is 40.4 Å². The Balaban J connectivity index is 2.26. The molecule has 0 unspecified atom stereocenters. The fourth-order valence-corrected chi connectivity index (χ4v) is 2.13. The van der Waals surface area contributed by atoms with Crippen molar-refractivity contribution in [2.75, 3.05) is 0 Å². The maximum Gasteiger partial charge on any atom is 0.123 e. The molecule has 2 N–H and O–H groups in total. The highest BCUT2D eigenvalue weighted by molar-refractivity contribution is 5.75. The number of fused-ring (bicyclic) bond motifs is 1. The van der Waals surface area contributed by atoms with E-state index in [1.165, 1.54) is 0 Å². The Bertz CT molecular complexity index is 593. The van der Waals surface area contributed by atoms with Crippen LogP contribution in [-0.2, 0) is 13.1 Å². The lowest BCUT2D eigenvalue weighted by Crippen LogP contribution is -2.55.